The molecular formula is C20H19FN2O2S. The minimum absolute atomic E-state index is 0.116. The zero-order chi connectivity index (χ0) is 18.7. The number of nitrogens with zero attached hydrogens (tertiary/aromatic N) is 2. The highest BCUT2D eigenvalue weighted by Gasteiger charge is 2.20. The van der Waals surface area contributed by atoms with Crippen molar-refractivity contribution >= 4 is 28.1 Å². The lowest BCUT2D eigenvalue weighted by molar-refractivity contribution is -0.115. The summed E-state index contributed by atoms with van der Waals surface area (Å²) in [4.78, 5) is 18.4. The number of rotatable bonds is 5. The number of aryl methyl sites for hydroxylation is 1. The van der Waals surface area contributed by atoms with Gasteiger partial charge in [-0.05, 0) is 43.2 Å². The molecule has 1 heterocycles. The normalized spacial score (nSPS) is 10.6. The van der Waals surface area contributed by atoms with E-state index in [9.17, 15) is 9.18 Å². The van der Waals surface area contributed by atoms with Crippen LogP contribution in [0.4, 0.5) is 15.2 Å². The molecule has 3 rings (SSSR count). The Kier molecular flexibility index (Phi) is 5.32. The number of thiazole rings is 1. The fraction of sp³-hybridized carbons (Fsp3) is 0.200. The van der Waals surface area contributed by atoms with E-state index in [2.05, 4.69) is 4.98 Å². The van der Waals surface area contributed by atoms with Crippen molar-refractivity contribution in [3.05, 3.63) is 70.5 Å². The molecule has 0 aliphatic heterocycles. The number of aromatic nitrogens is 1. The van der Waals surface area contributed by atoms with E-state index in [4.69, 9.17) is 4.74 Å². The third kappa shape index (κ3) is 3.75. The zero-order valence-electron chi connectivity index (χ0n) is 14.8. The van der Waals surface area contributed by atoms with Crippen LogP contribution in [0.5, 0.6) is 5.75 Å². The molecule has 0 N–H and O–H groups in total. The Morgan fingerprint density at radius 3 is 2.69 bits per heavy atom. The average molecular weight is 370 g/mol. The molecule has 0 fully saturated rings. The predicted octanol–water partition coefficient (Wildman–Crippen LogP) is 5.16. The molecule has 0 spiro atoms. The molecule has 1 amide bonds. The fourth-order valence-electron chi connectivity index (χ4n) is 2.56. The Labute approximate surface area is 155 Å². The van der Waals surface area contributed by atoms with Crippen LogP contribution in [0, 0.1) is 19.7 Å². The number of hydrogen-bond acceptors (Lipinski definition) is 4. The van der Waals surface area contributed by atoms with Crippen molar-refractivity contribution in [2.24, 2.45) is 0 Å². The summed E-state index contributed by atoms with van der Waals surface area (Å²) < 4.78 is 19.1. The van der Waals surface area contributed by atoms with Gasteiger partial charge in [-0.1, -0.05) is 24.3 Å². The van der Waals surface area contributed by atoms with Crippen LogP contribution in [0.15, 0.2) is 47.8 Å². The molecule has 4 nitrogen and oxygen atoms in total. The van der Waals surface area contributed by atoms with Crippen LogP contribution in [0.1, 0.15) is 23.7 Å². The lowest BCUT2D eigenvalue weighted by Gasteiger charge is -2.21. The van der Waals surface area contributed by atoms with E-state index in [0.717, 1.165) is 16.8 Å². The summed E-state index contributed by atoms with van der Waals surface area (Å²) in [5.74, 6) is -0.349. The van der Waals surface area contributed by atoms with Crippen LogP contribution < -0.4 is 9.64 Å². The van der Waals surface area contributed by atoms with Gasteiger partial charge in [0, 0.05) is 12.3 Å². The highest BCUT2D eigenvalue weighted by atomic mass is 32.1. The first kappa shape index (κ1) is 18.1. The number of carbonyl (C=O) groups excluding carboxylic acids is 1. The van der Waals surface area contributed by atoms with Gasteiger partial charge in [-0.15, -0.1) is 11.3 Å². The first-order chi connectivity index (χ1) is 12.5. The predicted molar refractivity (Wildman–Crippen MR) is 102 cm³/mol. The highest BCUT2D eigenvalue weighted by Crippen LogP contribution is 2.32. The number of halogens is 1. The molecule has 134 valence electrons. The van der Waals surface area contributed by atoms with Crippen molar-refractivity contribution in [1.29, 1.82) is 0 Å². The second kappa shape index (κ2) is 7.66. The Morgan fingerprint density at radius 2 is 1.96 bits per heavy atom. The van der Waals surface area contributed by atoms with E-state index >= 15 is 0 Å². The maximum absolute atomic E-state index is 13.6. The van der Waals surface area contributed by atoms with Gasteiger partial charge in [0.05, 0.1) is 11.4 Å². The molecule has 6 heteroatoms. The van der Waals surface area contributed by atoms with Crippen molar-refractivity contribution in [3.63, 3.8) is 0 Å². The Balaban J connectivity index is 1.83. The maximum Gasteiger partial charge on any atom is 0.230 e. The minimum Gasteiger partial charge on any atom is -0.484 e. The molecule has 0 saturated carbocycles. The number of carbonyl (C=O) groups is 1. The number of hydrogen-bond donors (Lipinski definition) is 0. The molecule has 0 unspecified atom stereocenters. The quantitative estimate of drug-likeness (QED) is 0.623. The summed E-state index contributed by atoms with van der Waals surface area (Å²) in [5.41, 5.74) is 3.59. The van der Waals surface area contributed by atoms with E-state index in [1.807, 2.05) is 37.4 Å². The molecule has 26 heavy (non-hydrogen) atoms. The van der Waals surface area contributed by atoms with Gasteiger partial charge < -0.3 is 4.74 Å². The molecule has 2 aromatic carbocycles. The van der Waals surface area contributed by atoms with Crippen LogP contribution >= 0.6 is 11.3 Å². The van der Waals surface area contributed by atoms with Gasteiger partial charge >= 0.3 is 0 Å². The number of anilines is 2. The van der Waals surface area contributed by atoms with E-state index in [1.165, 1.54) is 24.3 Å². The van der Waals surface area contributed by atoms with E-state index in [-0.39, 0.29) is 18.3 Å². The lowest BCUT2D eigenvalue weighted by Crippen LogP contribution is -2.23. The van der Waals surface area contributed by atoms with Gasteiger partial charge in [0.25, 0.3) is 0 Å². The number of ether oxygens (including phenoxy) is 1. The summed E-state index contributed by atoms with van der Waals surface area (Å²) in [5, 5.41) is 2.38. The minimum atomic E-state index is -0.413. The summed E-state index contributed by atoms with van der Waals surface area (Å²) in [6.07, 6.45) is 0. The zero-order valence-corrected chi connectivity index (χ0v) is 15.6. The molecule has 0 saturated heterocycles. The van der Waals surface area contributed by atoms with Gasteiger partial charge in [0.2, 0.25) is 5.91 Å². The number of amides is 1. The fourth-order valence-corrected chi connectivity index (χ4v) is 3.43. The van der Waals surface area contributed by atoms with E-state index in [0.29, 0.717) is 10.8 Å². The Bertz CT molecular complexity index is 939. The second-order valence-corrected chi connectivity index (χ2v) is 6.75. The standard InChI is InChI=1S/C20H19FN2O2S/c1-13-7-6-9-18(14(13)2)23(15(3)24)20-22-16(12-26-20)11-25-19-10-5-4-8-17(19)21/h4-10,12H,11H2,1-3H3. The monoisotopic (exact) mass is 370 g/mol. The average Bonchev–Trinajstić information content (AvgIpc) is 3.06. The Hall–Kier alpha value is -2.73. The van der Waals surface area contributed by atoms with E-state index in [1.54, 1.807) is 23.1 Å². The molecular weight excluding hydrogens is 351 g/mol. The third-order valence-electron chi connectivity index (χ3n) is 4.07. The third-order valence-corrected chi connectivity index (χ3v) is 4.95. The van der Waals surface area contributed by atoms with Crippen molar-refractivity contribution in [2.75, 3.05) is 4.90 Å². The summed E-state index contributed by atoms with van der Waals surface area (Å²) in [6.45, 7) is 5.64. The van der Waals surface area contributed by atoms with Crippen molar-refractivity contribution < 1.29 is 13.9 Å². The van der Waals surface area contributed by atoms with Gasteiger partial charge in [-0.25, -0.2) is 9.37 Å². The molecule has 0 aliphatic rings. The van der Waals surface area contributed by atoms with Crippen LogP contribution in [0.25, 0.3) is 0 Å². The number of benzene rings is 2. The van der Waals surface area contributed by atoms with E-state index < -0.39 is 5.82 Å². The summed E-state index contributed by atoms with van der Waals surface area (Å²) in [6, 6.07) is 12.1. The summed E-state index contributed by atoms with van der Waals surface area (Å²) in [7, 11) is 0. The second-order valence-electron chi connectivity index (χ2n) is 5.91. The topological polar surface area (TPSA) is 42.4 Å². The van der Waals surface area contributed by atoms with Gasteiger partial charge in [0.15, 0.2) is 16.7 Å². The Morgan fingerprint density at radius 1 is 1.19 bits per heavy atom. The molecule has 0 radical (unpaired) electrons. The van der Waals surface area contributed by atoms with Gasteiger partial charge in [0.1, 0.15) is 6.61 Å². The van der Waals surface area contributed by atoms with Crippen molar-refractivity contribution in [3.8, 4) is 5.75 Å². The van der Waals surface area contributed by atoms with Crippen molar-refractivity contribution in [1.82, 2.24) is 4.98 Å². The number of para-hydroxylation sites is 1. The smallest absolute Gasteiger partial charge is 0.230 e. The molecule has 0 aliphatic carbocycles. The van der Waals surface area contributed by atoms with Gasteiger partial charge in [-0.3, -0.25) is 9.69 Å². The molecule has 0 atom stereocenters. The summed E-state index contributed by atoms with van der Waals surface area (Å²) >= 11 is 1.35. The highest BCUT2D eigenvalue weighted by molar-refractivity contribution is 7.14. The molecule has 0 bridgehead atoms. The van der Waals surface area contributed by atoms with Crippen LogP contribution in [-0.4, -0.2) is 10.9 Å². The molecule has 1 aromatic heterocycles. The molecule has 3 aromatic rings. The largest absolute Gasteiger partial charge is 0.484 e. The van der Waals surface area contributed by atoms with Gasteiger partial charge in [-0.2, -0.15) is 0 Å². The van der Waals surface area contributed by atoms with Crippen LogP contribution in [0.3, 0.4) is 0 Å². The lowest BCUT2D eigenvalue weighted by atomic mass is 10.1. The first-order valence-corrected chi connectivity index (χ1v) is 9.04. The maximum atomic E-state index is 13.6. The van der Waals surface area contributed by atoms with Crippen LogP contribution in [-0.2, 0) is 11.4 Å². The first-order valence-electron chi connectivity index (χ1n) is 8.16. The van der Waals surface area contributed by atoms with Crippen LogP contribution in [0.2, 0.25) is 0 Å². The SMILES string of the molecule is CC(=O)N(c1nc(COc2ccccc2F)cs1)c1cccc(C)c1C. The van der Waals surface area contributed by atoms with Crippen molar-refractivity contribution in [2.45, 2.75) is 27.4 Å².